The van der Waals surface area contributed by atoms with Gasteiger partial charge in [-0.05, 0) is 18.9 Å². The zero-order valence-electron chi connectivity index (χ0n) is 14.0. The molecule has 0 saturated heterocycles. The molecular weight excluding hydrogens is 310 g/mol. The lowest BCUT2D eigenvalue weighted by Crippen LogP contribution is -2.36. The van der Waals surface area contributed by atoms with E-state index in [0.717, 1.165) is 5.69 Å². The van der Waals surface area contributed by atoms with Gasteiger partial charge in [-0.1, -0.05) is 13.8 Å². The maximum atomic E-state index is 11.9. The van der Waals surface area contributed by atoms with Gasteiger partial charge in [0.05, 0.1) is 24.3 Å². The second-order valence-corrected chi connectivity index (χ2v) is 5.82. The average molecular weight is 331 g/mol. The Kier molecular flexibility index (Phi) is 5.62. The second-order valence-electron chi connectivity index (χ2n) is 5.82. The molecule has 0 aliphatic rings. The van der Waals surface area contributed by atoms with Crippen LogP contribution in [0.25, 0.3) is 0 Å². The summed E-state index contributed by atoms with van der Waals surface area (Å²) in [5.41, 5.74) is 0.935. The fourth-order valence-corrected chi connectivity index (χ4v) is 2.10. The van der Waals surface area contributed by atoms with Gasteiger partial charge in [-0.3, -0.25) is 19.0 Å². The van der Waals surface area contributed by atoms with Crippen molar-refractivity contribution < 1.29 is 4.79 Å². The van der Waals surface area contributed by atoms with Gasteiger partial charge in [-0.15, -0.1) is 0 Å². The molecule has 2 rings (SSSR count). The molecule has 2 heterocycles. The lowest BCUT2D eigenvalue weighted by Gasteiger charge is -2.09. The molecule has 0 saturated carbocycles. The van der Waals surface area contributed by atoms with Crippen molar-refractivity contribution in [1.29, 1.82) is 0 Å². The normalized spacial score (nSPS) is 10.8. The van der Waals surface area contributed by atoms with Gasteiger partial charge in [0.1, 0.15) is 6.54 Å². The zero-order chi connectivity index (χ0) is 17.7. The Balaban J connectivity index is 1.91. The smallest absolute Gasteiger partial charge is 0.266 e. The standard InChI is InChI=1S/C16H21N5O3/c1-11(2)13-8-16(24)20(10-18-13)9-14(22)17-6-7-21-15(23)5-4-12(3)19-21/h4-5,8,10-11H,6-7,9H2,1-3H3,(H,17,22). The molecule has 2 aromatic heterocycles. The van der Waals surface area contributed by atoms with Crippen molar-refractivity contribution in [2.75, 3.05) is 6.54 Å². The Bertz CT molecular complexity index is 838. The van der Waals surface area contributed by atoms with E-state index in [-0.39, 0.29) is 42.6 Å². The minimum atomic E-state index is -0.322. The van der Waals surface area contributed by atoms with E-state index >= 15 is 0 Å². The molecular formula is C16H21N5O3. The quantitative estimate of drug-likeness (QED) is 0.806. The van der Waals surface area contributed by atoms with Crippen molar-refractivity contribution in [2.24, 2.45) is 0 Å². The number of hydrogen-bond acceptors (Lipinski definition) is 5. The summed E-state index contributed by atoms with van der Waals surface area (Å²) in [5.74, 6) is -0.168. The lowest BCUT2D eigenvalue weighted by atomic mass is 10.1. The van der Waals surface area contributed by atoms with Crippen LogP contribution in [0.2, 0.25) is 0 Å². The lowest BCUT2D eigenvalue weighted by molar-refractivity contribution is -0.121. The minimum Gasteiger partial charge on any atom is -0.353 e. The van der Waals surface area contributed by atoms with Gasteiger partial charge in [0.25, 0.3) is 11.1 Å². The first-order valence-corrected chi connectivity index (χ1v) is 7.74. The predicted molar refractivity (Wildman–Crippen MR) is 88.8 cm³/mol. The van der Waals surface area contributed by atoms with Crippen LogP contribution >= 0.6 is 0 Å². The van der Waals surface area contributed by atoms with Crippen LogP contribution in [-0.4, -0.2) is 31.8 Å². The van der Waals surface area contributed by atoms with Gasteiger partial charge in [0.15, 0.2) is 0 Å². The molecule has 1 N–H and O–H groups in total. The van der Waals surface area contributed by atoms with Crippen LogP contribution < -0.4 is 16.4 Å². The van der Waals surface area contributed by atoms with Gasteiger partial charge in [0.2, 0.25) is 5.91 Å². The summed E-state index contributed by atoms with van der Waals surface area (Å²) < 4.78 is 2.54. The van der Waals surface area contributed by atoms with Gasteiger partial charge in [-0.2, -0.15) is 5.10 Å². The Morgan fingerprint density at radius 3 is 2.67 bits per heavy atom. The van der Waals surface area contributed by atoms with Crippen LogP contribution in [0.4, 0.5) is 0 Å². The molecule has 0 spiro atoms. The summed E-state index contributed by atoms with van der Waals surface area (Å²) in [7, 11) is 0. The monoisotopic (exact) mass is 331 g/mol. The third-order valence-electron chi connectivity index (χ3n) is 3.45. The van der Waals surface area contributed by atoms with E-state index in [0.29, 0.717) is 5.69 Å². The molecule has 0 unspecified atom stereocenters. The second kappa shape index (κ2) is 7.67. The fourth-order valence-electron chi connectivity index (χ4n) is 2.10. The van der Waals surface area contributed by atoms with E-state index < -0.39 is 0 Å². The first-order chi connectivity index (χ1) is 11.4. The molecule has 8 nitrogen and oxygen atoms in total. The Morgan fingerprint density at radius 1 is 1.25 bits per heavy atom. The Morgan fingerprint density at radius 2 is 2.00 bits per heavy atom. The number of rotatable bonds is 6. The Labute approximate surface area is 139 Å². The molecule has 0 fully saturated rings. The van der Waals surface area contributed by atoms with Crippen LogP contribution in [0.5, 0.6) is 0 Å². The summed E-state index contributed by atoms with van der Waals surface area (Å²) in [6, 6.07) is 4.51. The fraction of sp³-hybridized carbons (Fsp3) is 0.438. The number of carbonyl (C=O) groups is 1. The largest absolute Gasteiger partial charge is 0.353 e. The first kappa shape index (κ1) is 17.6. The molecule has 0 radical (unpaired) electrons. The zero-order valence-corrected chi connectivity index (χ0v) is 14.0. The molecule has 1 amide bonds. The third-order valence-corrected chi connectivity index (χ3v) is 3.45. The van der Waals surface area contributed by atoms with Gasteiger partial charge >= 0.3 is 0 Å². The van der Waals surface area contributed by atoms with Crippen molar-refractivity contribution in [1.82, 2.24) is 24.6 Å². The third kappa shape index (κ3) is 4.61. The summed E-state index contributed by atoms with van der Waals surface area (Å²) in [6.07, 6.45) is 1.38. The maximum Gasteiger partial charge on any atom is 0.266 e. The highest BCUT2D eigenvalue weighted by Crippen LogP contribution is 2.06. The van der Waals surface area contributed by atoms with Crippen molar-refractivity contribution in [3.63, 3.8) is 0 Å². The van der Waals surface area contributed by atoms with E-state index in [4.69, 9.17) is 0 Å². The summed E-state index contributed by atoms with van der Waals surface area (Å²) >= 11 is 0. The number of aromatic nitrogens is 4. The van der Waals surface area contributed by atoms with Gasteiger partial charge in [-0.25, -0.2) is 9.67 Å². The summed E-state index contributed by atoms with van der Waals surface area (Å²) in [4.78, 5) is 39.6. The van der Waals surface area contributed by atoms with Crippen LogP contribution in [0.3, 0.4) is 0 Å². The van der Waals surface area contributed by atoms with Gasteiger partial charge < -0.3 is 5.32 Å². The highest BCUT2D eigenvalue weighted by molar-refractivity contribution is 5.75. The molecule has 0 bridgehead atoms. The minimum absolute atomic E-state index is 0.111. The summed E-state index contributed by atoms with van der Waals surface area (Å²) in [6.45, 7) is 6.09. The molecule has 0 aliphatic carbocycles. The number of amides is 1. The van der Waals surface area contributed by atoms with Gasteiger partial charge in [0, 0.05) is 18.7 Å². The number of nitrogens with zero attached hydrogens (tertiary/aromatic N) is 4. The summed E-state index contributed by atoms with van der Waals surface area (Å²) in [5, 5.41) is 6.75. The topological polar surface area (TPSA) is 98.9 Å². The van der Waals surface area contributed by atoms with Crippen molar-refractivity contribution in [3.05, 3.63) is 56.6 Å². The van der Waals surface area contributed by atoms with Crippen LogP contribution in [0, 0.1) is 6.92 Å². The Hall–Kier alpha value is -2.77. The average Bonchev–Trinajstić information content (AvgIpc) is 2.52. The SMILES string of the molecule is Cc1ccc(=O)n(CCNC(=O)Cn2cnc(C(C)C)cc2=O)n1. The molecule has 0 aliphatic heterocycles. The van der Waals surface area contributed by atoms with E-state index in [9.17, 15) is 14.4 Å². The number of aryl methyl sites for hydroxylation is 1. The molecule has 24 heavy (non-hydrogen) atoms. The molecule has 128 valence electrons. The number of hydrogen-bond donors (Lipinski definition) is 1. The number of carbonyl (C=O) groups excluding carboxylic acids is 1. The van der Waals surface area contributed by atoms with E-state index in [2.05, 4.69) is 15.4 Å². The van der Waals surface area contributed by atoms with Crippen LogP contribution in [0.15, 0.2) is 34.1 Å². The highest BCUT2D eigenvalue weighted by Gasteiger charge is 2.08. The predicted octanol–water partition coefficient (Wildman–Crippen LogP) is 0.0482. The molecule has 8 heteroatoms. The maximum absolute atomic E-state index is 11.9. The van der Waals surface area contributed by atoms with Crippen molar-refractivity contribution >= 4 is 5.91 Å². The van der Waals surface area contributed by atoms with Crippen LogP contribution in [0.1, 0.15) is 31.2 Å². The molecule has 0 aromatic carbocycles. The van der Waals surface area contributed by atoms with E-state index in [1.165, 1.54) is 27.7 Å². The highest BCUT2D eigenvalue weighted by atomic mass is 16.2. The molecule has 2 aromatic rings. The van der Waals surface area contributed by atoms with Crippen molar-refractivity contribution in [3.8, 4) is 0 Å². The van der Waals surface area contributed by atoms with E-state index in [1.807, 2.05) is 13.8 Å². The number of nitrogens with one attached hydrogen (secondary N) is 1. The first-order valence-electron chi connectivity index (χ1n) is 7.74. The van der Waals surface area contributed by atoms with E-state index in [1.54, 1.807) is 13.0 Å². The van der Waals surface area contributed by atoms with Crippen molar-refractivity contribution in [2.45, 2.75) is 39.8 Å². The molecule has 0 atom stereocenters. The van der Waals surface area contributed by atoms with Crippen LogP contribution in [-0.2, 0) is 17.9 Å².